The lowest BCUT2D eigenvalue weighted by atomic mass is 9.82. The Kier molecular flexibility index (Phi) is 3.38. The van der Waals surface area contributed by atoms with Crippen molar-refractivity contribution >= 4 is 12.9 Å². The van der Waals surface area contributed by atoms with Crippen LogP contribution in [0.15, 0.2) is 0 Å². The van der Waals surface area contributed by atoms with Crippen molar-refractivity contribution in [3.05, 3.63) is 0 Å². The van der Waals surface area contributed by atoms with Crippen LogP contribution < -0.4 is 5.73 Å². The van der Waals surface area contributed by atoms with Gasteiger partial charge in [-0.15, -0.1) is 0 Å². The zero-order valence-electron chi connectivity index (χ0n) is 5.89. The summed E-state index contributed by atoms with van der Waals surface area (Å²) in [7, 11) is 0.992. The number of methoxy groups -OCH3 is 1. The summed E-state index contributed by atoms with van der Waals surface area (Å²) in [5, 5.41) is 0. The number of halogens is 3. The monoisotopic (exact) mass is 170 g/mol. The first-order chi connectivity index (χ1) is 4.87. The molecule has 1 unspecified atom stereocenters. The summed E-state index contributed by atoms with van der Waals surface area (Å²) in [6, 6.07) is -1.58. The molecular formula is C4H8BF3NO2-. The molecule has 0 aromatic rings. The number of esters is 1. The Morgan fingerprint density at radius 3 is 2.36 bits per heavy atom. The summed E-state index contributed by atoms with van der Waals surface area (Å²) < 4.78 is 38.7. The molecule has 1 atom stereocenters. The number of hydrogen-bond donors (Lipinski definition) is 1. The predicted molar refractivity (Wildman–Crippen MR) is 33.9 cm³/mol. The fraction of sp³-hybridized carbons (Fsp3) is 0.750. The maximum atomic E-state index is 11.6. The molecule has 0 spiro atoms. The van der Waals surface area contributed by atoms with Gasteiger partial charge in [0.2, 0.25) is 0 Å². The molecule has 0 saturated carbocycles. The van der Waals surface area contributed by atoms with Gasteiger partial charge in [0.1, 0.15) is 0 Å². The Bertz CT molecular complexity index is 149. The minimum Gasteiger partial charge on any atom is -0.468 e. The van der Waals surface area contributed by atoms with Gasteiger partial charge in [-0.25, -0.2) is 0 Å². The molecule has 0 aromatic heterocycles. The van der Waals surface area contributed by atoms with Crippen LogP contribution in [0.4, 0.5) is 12.9 Å². The van der Waals surface area contributed by atoms with Gasteiger partial charge in [-0.2, -0.15) is 0 Å². The van der Waals surface area contributed by atoms with Crippen molar-refractivity contribution in [2.45, 2.75) is 12.4 Å². The third-order valence-corrected chi connectivity index (χ3v) is 1.03. The molecule has 0 aliphatic rings. The Balaban J connectivity index is 3.87. The lowest BCUT2D eigenvalue weighted by Crippen LogP contribution is -2.37. The van der Waals surface area contributed by atoms with Crippen LogP contribution in [0.5, 0.6) is 0 Å². The van der Waals surface area contributed by atoms with Crippen molar-refractivity contribution in [2.75, 3.05) is 7.11 Å². The lowest BCUT2D eigenvalue weighted by molar-refractivity contribution is -0.141. The van der Waals surface area contributed by atoms with E-state index in [1.54, 1.807) is 0 Å². The SMILES string of the molecule is COC(=O)C(N)C[B-](F)(F)F. The molecule has 0 saturated heterocycles. The fourth-order valence-corrected chi connectivity index (χ4v) is 0.536. The average Bonchev–Trinajstić information content (AvgIpc) is 1.82. The van der Waals surface area contributed by atoms with Gasteiger partial charge in [-0.3, -0.25) is 4.79 Å². The number of hydrogen-bond acceptors (Lipinski definition) is 3. The van der Waals surface area contributed by atoms with Crippen LogP contribution in [-0.2, 0) is 9.53 Å². The Hall–Kier alpha value is -0.715. The molecule has 0 fully saturated rings. The van der Waals surface area contributed by atoms with E-state index < -0.39 is 25.3 Å². The number of carbonyl (C=O) groups excluding carboxylic acids is 1. The van der Waals surface area contributed by atoms with Crippen LogP contribution in [0.2, 0.25) is 6.32 Å². The molecule has 7 heteroatoms. The highest BCUT2D eigenvalue weighted by molar-refractivity contribution is 6.59. The summed E-state index contributed by atoms with van der Waals surface area (Å²) in [4.78, 5) is 10.4. The van der Waals surface area contributed by atoms with E-state index in [1.807, 2.05) is 0 Å². The van der Waals surface area contributed by atoms with Crippen molar-refractivity contribution in [1.82, 2.24) is 0 Å². The zero-order valence-corrected chi connectivity index (χ0v) is 5.89. The van der Waals surface area contributed by atoms with Crippen LogP contribution in [0.3, 0.4) is 0 Å². The number of rotatable bonds is 3. The molecule has 3 nitrogen and oxygen atoms in total. The van der Waals surface area contributed by atoms with E-state index in [2.05, 4.69) is 4.74 Å². The normalized spacial score (nSPS) is 14.3. The number of nitrogens with two attached hydrogens (primary N) is 1. The van der Waals surface area contributed by atoms with E-state index in [4.69, 9.17) is 5.73 Å². The summed E-state index contributed by atoms with van der Waals surface area (Å²) >= 11 is 0. The van der Waals surface area contributed by atoms with E-state index in [9.17, 15) is 17.7 Å². The first-order valence-electron chi connectivity index (χ1n) is 2.91. The van der Waals surface area contributed by atoms with E-state index in [0.717, 1.165) is 7.11 Å². The second-order valence-electron chi connectivity index (χ2n) is 2.08. The van der Waals surface area contributed by atoms with Crippen molar-refractivity contribution in [3.8, 4) is 0 Å². The number of ether oxygens (including phenoxy) is 1. The van der Waals surface area contributed by atoms with Crippen molar-refractivity contribution in [3.63, 3.8) is 0 Å². The van der Waals surface area contributed by atoms with Crippen LogP contribution in [0.25, 0.3) is 0 Å². The molecule has 0 aliphatic heterocycles. The second kappa shape index (κ2) is 3.61. The smallest absolute Gasteiger partial charge is 0.468 e. The van der Waals surface area contributed by atoms with Crippen molar-refractivity contribution in [2.24, 2.45) is 5.73 Å². The highest BCUT2D eigenvalue weighted by Crippen LogP contribution is 2.16. The Morgan fingerprint density at radius 1 is 1.64 bits per heavy atom. The molecule has 0 aliphatic carbocycles. The summed E-state index contributed by atoms with van der Waals surface area (Å²) in [5.74, 6) is -1.04. The van der Waals surface area contributed by atoms with Crippen LogP contribution in [-0.4, -0.2) is 26.1 Å². The second-order valence-corrected chi connectivity index (χ2v) is 2.08. The predicted octanol–water partition coefficient (Wildman–Crippen LogP) is 0.334. The molecule has 0 bridgehead atoms. The number of carbonyl (C=O) groups is 1. The van der Waals surface area contributed by atoms with E-state index in [1.165, 1.54) is 0 Å². The Morgan fingerprint density at radius 2 is 2.09 bits per heavy atom. The fourth-order valence-electron chi connectivity index (χ4n) is 0.536. The van der Waals surface area contributed by atoms with Gasteiger partial charge in [-0.1, -0.05) is 6.32 Å². The molecule has 0 aromatic carbocycles. The van der Waals surface area contributed by atoms with Gasteiger partial charge >= 0.3 is 12.9 Å². The summed E-state index contributed by atoms with van der Waals surface area (Å²) in [6.07, 6.45) is -1.29. The van der Waals surface area contributed by atoms with Gasteiger partial charge in [0.15, 0.2) is 0 Å². The minimum atomic E-state index is -5.01. The lowest BCUT2D eigenvalue weighted by Gasteiger charge is -2.17. The van der Waals surface area contributed by atoms with Gasteiger partial charge < -0.3 is 23.4 Å². The van der Waals surface area contributed by atoms with E-state index >= 15 is 0 Å². The topological polar surface area (TPSA) is 52.3 Å². The molecule has 0 radical (unpaired) electrons. The van der Waals surface area contributed by atoms with Crippen LogP contribution in [0.1, 0.15) is 0 Å². The molecule has 0 amide bonds. The van der Waals surface area contributed by atoms with Crippen LogP contribution >= 0.6 is 0 Å². The standard InChI is InChI=1S/C4H8BF3NO2/c1-11-4(10)3(9)2-5(6,7)8/h3H,2,9H2,1H3/q-1. The van der Waals surface area contributed by atoms with Crippen molar-refractivity contribution in [1.29, 1.82) is 0 Å². The van der Waals surface area contributed by atoms with E-state index in [0.29, 0.717) is 0 Å². The molecule has 0 heterocycles. The third kappa shape index (κ3) is 4.66. The van der Waals surface area contributed by atoms with E-state index in [-0.39, 0.29) is 0 Å². The van der Waals surface area contributed by atoms with Gasteiger partial charge in [0.05, 0.1) is 13.2 Å². The largest absolute Gasteiger partial charge is 0.480 e. The quantitative estimate of drug-likeness (QED) is 0.490. The molecule has 11 heavy (non-hydrogen) atoms. The molecule has 2 N–H and O–H groups in total. The first-order valence-corrected chi connectivity index (χ1v) is 2.91. The van der Waals surface area contributed by atoms with Gasteiger partial charge in [0.25, 0.3) is 0 Å². The van der Waals surface area contributed by atoms with Gasteiger partial charge in [0, 0.05) is 0 Å². The zero-order chi connectivity index (χ0) is 9.07. The van der Waals surface area contributed by atoms with Gasteiger partial charge in [-0.05, 0) is 0 Å². The average molecular weight is 170 g/mol. The molecule has 66 valence electrons. The van der Waals surface area contributed by atoms with Crippen LogP contribution in [0, 0.1) is 0 Å². The first kappa shape index (κ1) is 10.3. The highest BCUT2D eigenvalue weighted by atomic mass is 19.4. The summed E-state index contributed by atoms with van der Waals surface area (Å²) in [5.41, 5.74) is 4.83. The van der Waals surface area contributed by atoms with Crippen molar-refractivity contribution < 1.29 is 22.5 Å². The molecule has 0 rings (SSSR count). The maximum Gasteiger partial charge on any atom is 0.480 e. The highest BCUT2D eigenvalue weighted by Gasteiger charge is 2.29. The third-order valence-electron chi connectivity index (χ3n) is 1.03. The summed E-state index contributed by atoms with van der Waals surface area (Å²) in [6.45, 7) is -5.01. The molecular weight excluding hydrogens is 162 g/mol. The maximum absolute atomic E-state index is 11.6. The Labute approximate surface area is 61.8 Å². The minimum absolute atomic E-state index is 0.992.